The number of carbonyl (C=O) groups excluding carboxylic acids is 1. The Kier molecular flexibility index (Phi) is 6.71. The molecule has 0 unspecified atom stereocenters. The molecule has 0 spiro atoms. The highest BCUT2D eigenvalue weighted by atomic mass is 19.1. The topological polar surface area (TPSA) is 89.1 Å². The molecule has 2 N–H and O–H groups in total. The van der Waals surface area contributed by atoms with E-state index in [0.717, 1.165) is 10.9 Å². The highest BCUT2D eigenvalue weighted by Crippen LogP contribution is 2.30. The molecule has 8 heteroatoms. The molecular formula is C24H31FN4O3. The van der Waals surface area contributed by atoms with Crippen LogP contribution in [-0.4, -0.2) is 39.0 Å². The summed E-state index contributed by atoms with van der Waals surface area (Å²) >= 11 is 0. The van der Waals surface area contributed by atoms with Crippen LogP contribution >= 0.6 is 0 Å². The number of ether oxygens (including phenoxy) is 2. The zero-order chi connectivity index (χ0) is 23.5. The van der Waals surface area contributed by atoms with Gasteiger partial charge < -0.3 is 14.8 Å². The van der Waals surface area contributed by atoms with Crippen molar-refractivity contribution in [2.75, 3.05) is 6.61 Å². The first-order valence-corrected chi connectivity index (χ1v) is 10.7. The summed E-state index contributed by atoms with van der Waals surface area (Å²) in [5.74, 6) is -0.0813. The van der Waals surface area contributed by atoms with E-state index < -0.39 is 23.1 Å². The third-order valence-electron chi connectivity index (χ3n) is 4.80. The van der Waals surface area contributed by atoms with E-state index in [1.54, 1.807) is 45.3 Å². The number of hydrogen-bond donors (Lipinski definition) is 2. The van der Waals surface area contributed by atoms with Gasteiger partial charge in [-0.25, -0.2) is 14.2 Å². The van der Waals surface area contributed by atoms with E-state index in [0.29, 0.717) is 17.6 Å². The number of pyridine rings is 1. The van der Waals surface area contributed by atoms with Gasteiger partial charge in [-0.15, -0.1) is 0 Å². The van der Waals surface area contributed by atoms with Crippen molar-refractivity contribution in [1.29, 1.82) is 0 Å². The van der Waals surface area contributed by atoms with Crippen LogP contribution in [0, 0.1) is 11.7 Å². The largest absolute Gasteiger partial charge is 0.488 e. The molecule has 0 saturated heterocycles. The van der Waals surface area contributed by atoms with Gasteiger partial charge in [0.05, 0.1) is 11.7 Å². The van der Waals surface area contributed by atoms with Gasteiger partial charge in [-0.05, 0) is 69.4 Å². The Morgan fingerprint density at radius 3 is 2.62 bits per heavy atom. The number of aromatic amines is 1. The molecule has 172 valence electrons. The third kappa shape index (κ3) is 5.96. The molecule has 32 heavy (non-hydrogen) atoms. The molecule has 0 aliphatic carbocycles. The molecule has 0 aliphatic heterocycles. The second-order valence-corrected chi connectivity index (χ2v) is 9.71. The summed E-state index contributed by atoms with van der Waals surface area (Å²) < 4.78 is 26.1. The van der Waals surface area contributed by atoms with E-state index >= 15 is 0 Å². The van der Waals surface area contributed by atoms with Gasteiger partial charge in [-0.2, -0.15) is 5.10 Å². The van der Waals surface area contributed by atoms with E-state index in [2.05, 4.69) is 34.3 Å². The lowest BCUT2D eigenvalue weighted by Gasteiger charge is -2.33. The quantitative estimate of drug-likeness (QED) is 0.506. The van der Waals surface area contributed by atoms with Crippen molar-refractivity contribution in [3.05, 3.63) is 42.5 Å². The van der Waals surface area contributed by atoms with Crippen LogP contribution in [0.4, 0.5) is 9.18 Å². The second-order valence-electron chi connectivity index (χ2n) is 9.71. The number of alkyl carbamates (subject to hydrolysis) is 1. The van der Waals surface area contributed by atoms with E-state index in [4.69, 9.17) is 9.47 Å². The molecule has 0 fully saturated rings. The molecule has 3 rings (SSSR count). The van der Waals surface area contributed by atoms with Crippen molar-refractivity contribution in [2.45, 2.75) is 59.1 Å². The first-order valence-electron chi connectivity index (χ1n) is 10.7. The number of fused-ring (bicyclic) bond motifs is 1. The molecule has 1 amide bonds. The van der Waals surface area contributed by atoms with Gasteiger partial charge in [0.25, 0.3) is 0 Å². The zero-order valence-corrected chi connectivity index (χ0v) is 19.5. The number of amides is 1. The smallest absolute Gasteiger partial charge is 0.408 e. The maximum Gasteiger partial charge on any atom is 0.408 e. The maximum absolute atomic E-state index is 14.9. The van der Waals surface area contributed by atoms with Gasteiger partial charge in [0.15, 0.2) is 17.2 Å². The number of hydrogen-bond acceptors (Lipinski definition) is 5. The van der Waals surface area contributed by atoms with E-state index in [-0.39, 0.29) is 18.3 Å². The molecule has 0 radical (unpaired) electrons. The van der Waals surface area contributed by atoms with Gasteiger partial charge in [-0.1, -0.05) is 19.9 Å². The minimum absolute atomic E-state index is 0.0991. The lowest BCUT2D eigenvalue weighted by Crippen LogP contribution is -2.52. The summed E-state index contributed by atoms with van der Waals surface area (Å²) in [6.45, 7) is 11.5. The van der Waals surface area contributed by atoms with Crippen LogP contribution in [0.1, 0.15) is 48.0 Å². The molecular weight excluding hydrogens is 411 g/mol. The van der Waals surface area contributed by atoms with Crippen LogP contribution in [0.15, 0.2) is 36.7 Å². The molecule has 2 aromatic heterocycles. The number of rotatable bonds is 7. The van der Waals surface area contributed by atoms with E-state index in [1.807, 2.05) is 13.0 Å². The van der Waals surface area contributed by atoms with Gasteiger partial charge in [0.1, 0.15) is 12.2 Å². The fourth-order valence-corrected chi connectivity index (χ4v) is 3.72. The molecule has 2 heterocycles. The minimum atomic E-state index is -0.727. The number of aromatic nitrogens is 3. The summed E-state index contributed by atoms with van der Waals surface area (Å²) in [4.78, 5) is 16.6. The highest BCUT2D eigenvalue weighted by molar-refractivity contribution is 5.92. The monoisotopic (exact) mass is 442 g/mol. The number of H-pyrrole nitrogens is 1. The summed E-state index contributed by atoms with van der Waals surface area (Å²) in [7, 11) is 0. The fourth-order valence-electron chi connectivity index (χ4n) is 3.72. The van der Waals surface area contributed by atoms with Crippen molar-refractivity contribution in [1.82, 2.24) is 20.5 Å². The summed E-state index contributed by atoms with van der Waals surface area (Å²) in [5.41, 5.74) is 0.820. The Hall–Kier alpha value is -3.16. The van der Waals surface area contributed by atoms with Crippen molar-refractivity contribution >= 4 is 17.1 Å². The van der Waals surface area contributed by atoms with E-state index in [1.165, 1.54) is 6.07 Å². The summed E-state index contributed by atoms with van der Waals surface area (Å²) in [6.07, 6.45) is 3.43. The Morgan fingerprint density at radius 2 is 1.97 bits per heavy atom. The van der Waals surface area contributed by atoms with Crippen molar-refractivity contribution in [3.8, 4) is 16.9 Å². The van der Waals surface area contributed by atoms with E-state index in [9.17, 15) is 9.18 Å². The Balaban J connectivity index is 1.76. The number of nitrogens with zero attached hydrogens (tertiary/aromatic N) is 2. The first-order chi connectivity index (χ1) is 15.0. The van der Waals surface area contributed by atoms with Crippen LogP contribution in [0.3, 0.4) is 0 Å². The molecule has 0 bridgehead atoms. The second kappa shape index (κ2) is 9.14. The predicted octanol–water partition coefficient (Wildman–Crippen LogP) is 5.47. The lowest BCUT2D eigenvalue weighted by atomic mass is 9.91. The van der Waals surface area contributed by atoms with Crippen LogP contribution in [0.5, 0.6) is 5.75 Å². The average Bonchev–Trinajstić information content (AvgIpc) is 3.13. The molecule has 1 atom stereocenters. The van der Waals surface area contributed by atoms with Crippen molar-refractivity contribution in [2.24, 2.45) is 5.92 Å². The summed E-state index contributed by atoms with van der Waals surface area (Å²) in [6, 6.07) is 6.64. The number of halogens is 1. The van der Waals surface area contributed by atoms with Crippen molar-refractivity contribution < 1.29 is 18.7 Å². The number of benzene rings is 1. The zero-order valence-electron chi connectivity index (χ0n) is 19.5. The van der Waals surface area contributed by atoms with Crippen LogP contribution in [0.2, 0.25) is 0 Å². The standard InChI is InChI=1S/C24H31FN4O3/c1-15(2)12-24(6,28-22(30)32-23(3,4)5)14-31-20-8-7-16(11-19(20)25)17-9-10-26-21-18(17)13-27-29-21/h7-11,13,15H,12,14H2,1-6H3,(H,28,30)(H,26,27,29)/t24-/m0/s1. The van der Waals surface area contributed by atoms with Gasteiger partial charge >= 0.3 is 6.09 Å². The average molecular weight is 443 g/mol. The molecule has 0 saturated carbocycles. The molecule has 3 aromatic rings. The predicted molar refractivity (Wildman–Crippen MR) is 122 cm³/mol. The third-order valence-corrected chi connectivity index (χ3v) is 4.80. The fraction of sp³-hybridized carbons (Fsp3) is 0.458. The Bertz CT molecular complexity index is 1090. The normalized spacial score (nSPS) is 13.8. The Morgan fingerprint density at radius 1 is 1.22 bits per heavy atom. The maximum atomic E-state index is 14.9. The highest BCUT2D eigenvalue weighted by Gasteiger charge is 2.31. The minimum Gasteiger partial charge on any atom is -0.488 e. The van der Waals surface area contributed by atoms with Gasteiger partial charge in [-0.3, -0.25) is 5.10 Å². The number of nitrogens with one attached hydrogen (secondary N) is 2. The van der Waals surface area contributed by atoms with Gasteiger partial charge in [0, 0.05) is 11.6 Å². The SMILES string of the molecule is CC(C)C[C@@](C)(COc1ccc(-c2ccnc3[nH]ncc23)cc1F)NC(=O)OC(C)(C)C. The van der Waals surface area contributed by atoms with Crippen LogP contribution in [-0.2, 0) is 4.74 Å². The first kappa shape index (κ1) is 23.5. The molecule has 7 nitrogen and oxygen atoms in total. The number of carbonyl (C=O) groups is 1. The molecule has 0 aliphatic rings. The summed E-state index contributed by atoms with van der Waals surface area (Å²) in [5, 5.41) is 10.5. The van der Waals surface area contributed by atoms with Gasteiger partial charge in [0.2, 0.25) is 0 Å². The Labute approximate surface area is 187 Å². The molecule has 1 aromatic carbocycles. The van der Waals surface area contributed by atoms with Crippen LogP contribution < -0.4 is 10.1 Å². The van der Waals surface area contributed by atoms with Crippen LogP contribution in [0.25, 0.3) is 22.2 Å². The lowest BCUT2D eigenvalue weighted by molar-refractivity contribution is 0.0406. The van der Waals surface area contributed by atoms with Crippen molar-refractivity contribution in [3.63, 3.8) is 0 Å².